The van der Waals surface area contributed by atoms with E-state index >= 15 is 0 Å². The number of benzene rings is 4. The van der Waals surface area contributed by atoms with E-state index in [1.54, 1.807) is 30.3 Å². The summed E-state index contributed by atoms with van der Waals surface area (Å²) in [4.78, 5) is 0. The monoisotopic (exact) mass is 455 g/mol. The van der Waals surface area contributed by atoms with E-state index in [4.69, 9.17) is 0 Å². The number of fused-ring (bicyclic) bond motifs is 3. The molecule has 34 heavy (non-hydrogen) atoms. The highest BCUT2D eigenvalue weighted by Crippen LogP contribution is 2.42. The second-order valence-corrected chi connectivity index (χ2v) is 9.40. The van der Waals surface area contributed by atoms with Crippen LogP contribution in [-0.2, 0) is 11.6 Å². The van der Waals surface area contributed by atoms with E-state index in [1.165, 1.54) is 0 Å². The molecule has 4 aromatic carbocycles. The van der Waals surface area contributed by atoms with Crippen LogP contribution in [0.5, 0.6) is 0 Å². The molecule has 3 nitrogen and oxygen atoms in total. The van der Waals surface area contributed by atoms with E-state index in [2.05, 4.69) is 31.0 Å². The number of hydrogen-bond acceptors (Lipinski definition) is 3. The highest BCUT2D eigenvalue weighted by Gasteiger charge is 2.37. The second kappa shape index (κ2) is 7.53. The van der Waals surface area contributed by atoms with Gasteiger partial charge in [0.15, 0.2) is 5.69 Å². The van der Waals surface area contributed by atoms with E-state index in [0.717, 1.165) is 16.3 Å². The summed E-state index contributed by atoms with van der Waals surface area (Å²) in [5, 5.41) is 20.8. The van der Waals surface area contributed by atoms with Gasteiger partial charge in [0.1, 0.15) is 11.8 Å². The first kappa shape index (κ1) is 21.8. The zero-order valence-electron chi connectivity index (χ0n) is 18.8. The van der Waals surface area contributed by atoms with Crippen molar-refractivity contribution in [3.8, 4) is 17.3 Å². The topological polar surface area (TPSA) is 49.6 Å². The lowest BCUT2D eigenvalue weighted by atomic mass is 9.82. The summed E-state index contributed by atoms with van der Waals surface area (Å²) >= 11 is 0. The number of nitriles is 1. The summed E-state index contributed by atoms with van der Waals surface area (Å²) in [6.45, 7) is 6.28. The standard InChI is InChI=1S/C28H20F3N3/c1-27(2,3)23-14-18(12-16-8-5-7-11-20(16)23)25-21-13-17-9-4-6-10-19(17)22(15-32)24(21)26(34-33-25)28(29,30)31/h4-14H,1-3H3. The molecule has 0 saturated heterocycles. The minimum absolute atomic E-state index is 0.0478. The fraction of sp³-hybridized carbons (Fsp3) is 0.179. The molecule has 0 spiro atoms. The third-order valence-electron chi connectivity index (χ3n) is 6.11. The van der Waals surface area contributed by atoms with Crippen molar-refractivity contribution in [3.05, 3.63) is 83.6 Å². The zero-order chi connectivity index (χ0) is 24.3. The Hall–Kier alpha value is -3.98. The fourth-order valence-corrected chi connectivity index (χ4v) is 4.58. The van der Waals surface area contributed by atoms with Crippen molar-refractivity contribution in [1.82, 2.24) is 10.2 Å². The molecule has 0 N–H and O–H groups in total. The number of rotatable bonds is 1. The Morgan fingerprint density at radius 1 is 0.765 bits per heavy atom. The van der Waals surface area contributed by atoms with Crippen molar-refractivity contribution in [1.29, 1.82) is 5.26 Å². The van der Waals surface area contributed by atoms with Gasteiger partial charge in [0.05, 0.1) is 5.56 Å². The van der Waals surface area contributed by atoms with Crippen LogP contribution in [0.1, 0.15) is 37.6 Å². The Labute approximate surface area is 194 Å². The lowest BCUT2D eigenvalue weighted by molar-refractivity contribution is -0.140. The van der Waals surface area contributed by atoms with Gasteiger partial charge in [-0.3, -0.25) is 0 Å². The van der Waals surface area contributed by atoms with Gasteiger partial charge in [0.25, 0.3) is 0 Å². The summed E-state index contributed by atoms with van der Waals surface area (Å²) in [6.07, 6.45) is -4.75. The van der Waals surface area contributed by atoms with E-state index in [9.17, 15) is 18.4 Å². The van der Waals surface area contributed by atoms with E-state index < -0.39 is 11.9 Å². The maximum Gasteiger partial charge on any atom is 0.435 e. The first-order valence-corrected chi connectivity index (χ1v) is 10.8. The van der Waals surface area contributed by atoms with Gasteiger partial charge in [0.2, 0.25) is 0 Å². The highest BCUT2D eigenvalue weighted by molar-refractivity contribution is 6.10. The molecule has 0 aliphatic rings. The van der Waals surface area contributed by atoms with Gasteiger partial charge in [-0.2, -0.15) is 18.4 Å². The van der Waals surface area contributed by atoms with Crippen molar-refractivity contribution < 1.29 is 13.2 Å². The molecular weight excluding hydrogens is 435 g/mol. The molecule has 1 aromatic heterocycles. The molecule has 0 atom stereocenters. The minimum atomic E-state index is -4.75. The van der Waals surface area contributed by atoms with Crippen LogP contribution >= 0.6 is 0 Å². The van der Waals surface area contributed by atoms with Crippen LogP contribution in [-0.4, -0.2) is 10.2 Å². The fourth-order valence-electron chi connectivity index (χ4n) is 4.58. The smallest absolute Gasteiger partial charge is 0.192 e. The van der Waals surface area contributed by atoms with Crippen LogP contribution in [0.25, 0.3) is 43.6 Å². The molecule has 5 rings (SSSR count). The van der Waals surface area contributed by atoms with Crippen LogP contribution in [0.4, 0.5) is 13.2 Å². The predicted molar refractivity (Wildman–Crippen MR) is 128 cm³/mol. The average Bonchev–Trinajstić information content (AvgIpc) is 2.79. The maximum absolute atomic E-state index is 14.0. The van der Waals surface area contributed by atoms with Gasteiger partial charge < -0.3 is 0 Å². The molecule has 0 saturated carbocycles. The quantitative estimate of drug-likeness (QED) is 0.242. The van der Waals surface area contributed by atoms with Crippen LogP contribution < -0.4 is 0 Å². The number of halogens is 3. The van der Waals surface area contributed by atoms with Crippen molar-refractivity contribution in [2.24, 2.45) is 0 Å². The lowest BCUT2D eigenvalue weighted by Gasteiger charge is -2.23. The van der Waals surface area contributed by atoms with E-state index in [-0.39, 0.29) is 21.8 Å². The molecule has 0 aliphatic carbocycles. The molecule has 0 unspecified atom stereocenters. The van der Waals surface area contributed by atoms with E-state index in [1.807, 2.05) is 42.5 Å². The number of hydrogen-bond donors (Lipinski definition) is 0. The summed E-state index contributed by atoms with van der Waals surface area (Å²) in [5.74, 6) is 0. The Kier molecular flexibility index (Phi) is 4.84. The number of nitrogens with zero attached hydrogens (tertiary/aromatic N) is 3. The van der Waals surface area contributed by atoms with Crippen LogP contribution in [0.15, 0.2) is 66.7 Å². The summed E-state index contributed by atoms with van der Waals surface area (Å²) in [6, 6.07) is 22.4. The molecule has 6 heteroatoms. The van der Waals surface area contributed by atoms with Crippen molar-refractivity contribution in [2.75, 3.05) is 0 Å². The first-order chi connectivity index (χ1) is 16.1. The number of aromatic nitrogens is 2. The zero-order valence-corrected chi connectivity index (χ0v) is 18.8. The van der Waals surface area contributed by atoms with Crippen molar-refractivity contribution in [3.63, 3.8) is 0 Å². The molecule has 0 amide bonds. The van der Waals surface area contributed by atoms with Crippen LogP contribution in [0, 0.1) is 11.3 Å². The summed E-state index contributed by atoms with van der Waals surface area (Å²) < 4.78 is 42.0. The van der Waals surface area contributed by atoms with Crippen molar-refractivity contribution in [2.45, 2.75) is 32.4 Å². The van der Waals surface area contributed by atoms with Gasteiger partial charge in [-0.25, -0.2) is 0 Å². The second-order valence-electron chi connectivity index (χ2n) is 9.40. The third kappa shape index (κ3) is 3.45. The van der Waals surface area contributed by atoms with Gasteiger partial charge in [-0.15, -0.1) is 10.2 Å². The Morgan fingerprint density at radius 2 is 1.38 bits per heavy atom. The van der Waals surface area contributed by atoms with Gasteiger partial charge in [0, 0.05) is 21.7 Å². The van der Waals surface area contributed by atoms with Gasteiger partial charge in [-0.05, 0) is 45.3 Å². The van der Waals surface area contributed by atoms with Gasteiger partial charge in [-0.1, -0.05) is 69.3 Å². The Bertz CT molecular complexity index is 1640. The molecule has 0 fully saturated rings. The Balaban J connectivity index is 1.96. The molecule has 5 aromatic rings. The SMILES string of the molecule is CC(C)(C)c1cc(-c2nnc(C(F)(F)F)c3c(C#N)c4ccccc4cc23)cc2ccccc12. The average molecular weight is 455 g/mol. The molecule has 1 heterocycles. The van der Waals surface area contributed by atoms with Gasteiger partial charge >= 0.3 is 6.18 Å². The van der Waals surface area contributed by atoms with Crippen LogP contribution in [0.3, 0.4) is 0 Å². The van der Waals surface area contributed by atoms with E-state index in [0.29, 0.717) is 22.0 Å². The molecule has 0 aliphatic heterocycles. The largest absolute Gasteiger partial charge is 0.435 e. The molecule has 0 radical (unpaired) electrons. The predicted octanol–water partition coefficient (Wildman–Crippen LogP) is 7.79. The summed E-state index contributed by atoms with van der Waals surface area (Å²) in [5.41, 5.74) is 0.626. The van der Waals surface area contributed by atoms with Crippen molar-refractivity contribution >= 4 is 32.3 Å². The highest BCUT2D eigenvalue weighted by atomic mass is 19.4. The normalized spacial score (nSPS) is 12.4. The Morgan fingerprint density at radius 3 is 2.00 bits per heavy atom. The molecular formula is C28H20F3N3. The molecule has 168 valence electrons. The van der Waals surface area contributed by atoms with Crippen LogP contribution in [0.2, 0.25) is 0 Å². The first-order valence-electron chi connectivity index (χ1n) is 10.8. The lowest BCUT2D eigenvalue weighted by Crippen LogP contribution is -2.13. The minimum Gasteiger partial charge on any atom is -0.192 e. The third-order valence-corrected chi connectivity index (χ3v) is 6.11. The summed E-state index contributed by atoms with van der Waals surface area (Å²) in [7, 11) is 0. The number of alkyl halides is 3. The maximum atomic E-state index is 14.0. The molecule has 0 bridgehead atoms.